The number of hydrogen-bond donors (Lipinski definition) is 1. The van der Waals surface area contributed by atoms with E-state index in [1.807, 2.05) is 23.1 Å². The fourth-order valence-electron chi connectivity index (χ4n) is 3.97. The minimum Gasteiger partial charge on any atom is -0.397 e. The molecule has 2 saturated heterocycles. The molecular weight excluding hydrogens is 518 g/mol. The number of morpholine rings is 2. The van der Waals surface area contributed by atoms with Crippen LogP contribution in [0.3, 0.4) is 0 Å². The summed E-state index contributed by atoms with van der Waals surface area (Å²) in [5, 5.41) is 1.94. The predicted octanol–water partition coefficient (Wildman–Crippen LogP) is 2.99. The third kappa shape index (κ3) is 5.78. The average molecular weight is 546 g/mol. The average Bonchev–Trinajstić information content (AvgIpc) is 3.27. The van der Waals surface area contributed by atoms with Crippen molar-refractivity contribution in [2.45, 2.75) is 15.9 Å². The summed E-state index contributed by atoms with van der Waals surface area (Å²) in [6, 6.07) is 10.1. The van der Waals surface area contributed by atoms with E-state index in [2.05, 4.69) is 12.1 Å². The zero-order valence-electron chi connectivity index (χ0n) is 19.7. The minimum atomic E-state index is -0.102. The number of amides is 2. The highest BCUT2D eigenvalue weighted by molar-refractivity contribution is 8.00. The Kier molecular flexibility index (Phi) is 8.27. The number of aromatic nitrogens is 2. The quantitative estimate of drug-likeness (QED) is 0.272. The largest absolute Gasteiger partial charge is 0.397 e. The zero-order chi connectivity index (χ0) is 24.9. The number of anilines is 1. The number of thioether (sulfide) groups is 2. The number of hydrogen-bond acceptors (Lipinski definition) is 10. The summed E-state index contributed by atoms with van der Waals surface area (Å²) < 4.78 is 10.7. The summed E-state index contributed by atoms with van der Waals surface area (Å²) in [6.45, 7) is 4.45. The molecule has 36 heavy (non-hydrogen) atoms. The smallest absolute Gasteiger partial charge is 0.266 e. The molecule has 0 unspecified atom stereocenters. The maximum Gasteiger partial charge on any atom is 0.266 e. The summed E-state index contributed by atoms with van der Waals surface area (Å²) in [5.74, 6) is 0.884. The number of rotatable bonds is 7. The van der Waals surface area contributed by atoms with Gasteiger partial charge in [0.2, 0.25) is 5.91 Å². The molecule has 2 amide bonds. The molecule has 0 spiro atoms. The van der Waals surface area contributed by atoms with Gasteiger partial charge in [0, 0.05) is 31.9 Å². The third-order valence-electron chi connectivity index (χ3n) is 5.93. The van der Waals surface area contributed by atoms with Gasteiger partial charge in [-0.1, -0.05) is 42.1 Å². The molecule has 0 saturated carbocycles. The van der Waals surface area contributed by atoms with Gasteiger partial charge in [-0.2, -0.15) is 0 Å². The predicted molar refractivity (Wildman–Crippen MR) is 143 cm³/mol. The van der Waals surface area contributed by atoms with Gasteiger partial charge in [-0.05, 0) is 5.56 Å². The van der Waals surface area contributed by atoms with Gasteiger partial charge in [0.05, 0.1) is 43.3 Å². The number of thiophene rings is 1. The van der Waals surface area contributed by atoms with Crippen molar-refractivity contribution in [2.75, 3.05) is 64.1 Å². The van der Waals surface area contributed by atoms with Crippen molar-refractivity contribution in [2.24, 2.45) is 0 Å². The highest BCUT2D eigenvalue weighted by Gasteiger charge is 2.27. The Bertz CT molecular complexity index is 1230. The fourth-order valence-corrected chi connectivity index (χ4v) is 6.95. The van der Waals surface area contributed by atoms with E-state index in [1.165, 1.54) is 23.1 Å². The first-order valence-corrected chi connectivity index (χ1v) is 14.5. The Morgan fingerprint density at radius 3 is 2.31 bits per heavy atom. The first-order valence-electron chi connectivity index (χ1n) is 11.7. The van der Waals surface area contributed by atoms with Gasteiger partial charge in [0.25, 0.3) is 5.91 Å². The molecule has 0 atom stereocenters. The number of benzene rings is 1. The lowest BCUT2D eigenvalue weighted by Gasteiger charge is -2.26. The lowest BCUT2D eigenvalue weighted by atomic mass is 10.2. The Labute approximate surface area is 221 Å². The molecule has 5 rings (SSSR count). The number of carbonyl (C=O) groups is 2. The van der Waals surface area contributed by atoms with Crippen LogP contribution in [0.1, 0.15) is 15.2 Å². The van der Waals surface area contributed by atoms with Crippen molar-refractivity contribution in [3.63, 3.8) is 0 Å². The Morgan fingerprint density at radius 1 is 0.944 bits per heavy atom. The molecule has 12 heteroatoms. The standard InChI is InChI=1S/C24H27N5O4S3/c25-19-18-21(34-14-16-4-2-1-3-5-16)26-24(35-15-17(30)28-6-10-32-11-7-28)27-22(18)36-20(19)23(31)29-8-12-33-13-9-29/h1-5H,6-15,25H2. The van der Waals surface area contributed by atoms with Gasteiger partial charge < -0.3 is 25.0 Å². The minimum absolute atomic E-state index is 0.0411. The summed E-state index contributed by atoms with van der Waals surface area (Å²) >= 11 is 4.16. The fraction of sp³-hybridized carbons (Fsp3) is 0.417. The maximum absolute atomic E-state index is 13.2. The van der Waals surface area contributed by atoms with Gasteiger partial charge in [-0.3, -0.25) is 9.59 Å². The molecule has 2 aliphatic heterocycles. The van der Waals surface area contributed by atoms with Crippen LogP contribution in [0.5, 0.6) is 0 Å². The molecule has 0 bridgehead atoms. The Balaban J connectivity index is 1.42. The van der Waals surface area contributed by atoms with Crippen molar-refractivity contribution in [1.82, 2.24) is 19.8 Å². The van der Waals surface area contributed by atoms with E-state index >= 15 is 0 Å². The number of nitrogens with two attached hydrogens (primary N) is 1. The van der Waals surface area contributed by atoms with Crippen molar-refractivity contribution in [3.8, 4) is 0 Å². The normalized spacial score (nSPS) is 16.4. The summed E-state index contributed by atoms with van der Waals surface area (Å²) in [6.07, 6.45) is 0. The van der Waals surface area contributed by atoms with Crippen LogP contribution in [0.15, 0.2) is 40.5 Å². The second-order valence-corrected chi connectivity index (χ2v) is 11.2. The molecule has 2 N–H and O–H groups in total. The molecule has 0 aliphatic carbocycles. The van der Waals surface area contributed by atoms with E-state index in [-0.39, 0.29) is 17.6 Å². The van der Waals surface area contributed by atoms with Gasteiger partial charge in [-0.25, -0.2) is 9.97 Å². The second kappa shape index (κ2) is 11.8. The second-order valence-electron chi connectivity index (χ2n) is 8.30. The van der Waals surface area contributed by atoms with Crippen LogP contribution in [-0.2, 0) is 20.0 Å². The van der Waals surface area contributed by atoms with Crippen molar-refractivity contribution >= 4 is 62.6 Å². The van der Waals surface area contributed by atoms with Crippen molar-refractivity contribution in [1.29, 1.82) is 0 Å². The molecule has 190 valence electrons. The van der Waals surface area contributed by atoms with Gasteiger partial charge in [0.1, 0.15) is 14.7 Å². The number of nitrogens with zero attached hydrogens (tertiary/aromatic N) is 4. The molecule has 1 aromatic carbocycles. The van der Waals surface area contributed by atoms with E-state index in [0.29, 0.717) is 84.3 Å². The molecule has 2 aromatic heterocycles. The third-order valence-corrected chi connectivity index (χ3v) is 8.90. The zero-order valence-corrected chi connectivity index (χ0v) is 22.1. The number of nitrogen functional groups attached to an aromatic ring is 1. The monoisotopic (exact) mass is 545 g/mol. The van der Waals surface area contributed by atoms with Crippen LogP contribution in [0.25, 0.3) is 10.2 Å². The molecule has 9 nitrogen and oxygen atoms in total. The van der Waals surface area contributed by atoms with Crippen LogP contribution in [0, 0.1) is 0 Å². The van der Waals surface area contributed by atoms with Crippen molar-refractivity contribution in [3.05, 3.63) is 40.8 Å². The van der Waals surface area contributed by atoms with E-state index in [4.69, 9.17) is 25.2 Å². The number of fused-ring (bicyclic) bond motifs is 1. The first kappa shape index (κ1) is 25.3. The van der Waals surface area contributed by atoms with Crippen LogP contribution in [-0.4, -0.2) is 89.9 Å². The van der Waals surface area contributed by atoms with Crippen LogP contribution in [0.2, 0.25) is 0 Å². The van der Waals surface area contributed by atoms with E-state index in [9.17, 15) is 9.59 Å². The summed E-state index contributed by atoms with van der Waals surface area (Å²) in [7, 11) is 0. The lowest BCUT2D eigenvalue weighted by Crippen LogP contribution is -2.41. The number of carbonyl (C=O) groups excluding carboxylic acids is 2. The first-order chi connectivity index (χ1) is 17.6. The van der Waals surface area contributed by atoms with Gasteiger partial charge >= 0.3 is 0 Å². The molecule has 2 fully saturated rings. The Hall–Kier alpha value is -2.38. The SMILES string of the molecule is Nc1c(C(=O)N2CCOCC2)sc2nc(SCC(=O)N3CCOCC3)nc(SCc3ccccc3)c12. The van der Waals surface area contributed by atoms with E-state index in [0.717, 1.165) is 10.6 Å². The van der Waals surface area contributed by atoms with Crippen LogP contribution in [0.4, 0.5) is 5.69 Å². The molecule has 3 aromatic rings. The topological polar surface area (TPSA) is 111 Å². The highest BCUT2D eigenvalue weighted by atomic mass is 32.2. The van der Waals surface area contributed by atoms with E-state index < -0.39 is 0 Å². The number of ether oxygens (including phenoxy) is 2. The highest BCUT2D eigenvalue weighted by Crippen LogP contribution is 2.40. The maximum atomic E-state index is 13.2. The summed E-state index contributed by atoms with van der Waals surface area (Å²) in [5.41, 5.74) is 8.12. The van der Waals surface area contributed by atoms with Crippen LogP contribution < -0.4 is 5.73 Å². The van der Waals surface area contributed by atoms with Gasteiger partial charge in [-0.15, -0.1) is 23.1 Å². The van der Waals surface area contributed by atoms with Crippen molar-refractivity contribution < 1.29 is 19.1 Å². The summed E-state index contributed by atoms with van der Waals surface area (Å²) in [4.78, 5) is 40.1. The van der Waals surface area contributed by atoms with Gasteiger partial charge in [0.15, 0.2) is 5.16 Å². The Morgan fingerprint density at radius 2 is 1.61 bits per heavy atom. The molecule has 0 radical (unpaired) electrons. The lowest BCUT2D eigenvalue weighted by molar-refractivity contribution is -0.132. The van der Waals surface area contributed by atoms with E-state index in [1.54, 1.807) is 16.7 Å². The van der Waals surface area contributed by atoms with Crippen LogP contribution >= 0.6 is 34.9 Å². The molecule has 4 heterocycles. The molecular formula is C24H27N5O4S3. The molecule has 2 aliphatic rings.